The first kappa shape index (κ1) is 12.0. The Kier molecular flexibility index (Phi) is 4.92. The second-order valence-corrected chi connectivity index (χ2v) is 4.81. The molecule has 0 aliphatic rings. The zero-order valence-electron chi connectivity index (χ0n) is 7.04. The zero-order valence-corrected chi connectivity index (χ0v) is 8.63. The van der Waals surface area contributed by atoms with Crippen LogP contribution in [0.3, 0.4) is 0 Å². The second-order valence-electron chi connectivity index (χ2n) is 2.83. The molecular formula is C7H12BrO4-. The van der Waals surface area contributed by atoms with E-state index < -0.39 is 17.2 Å². The Balaban J connectivity index is 3.73. The number of aliphatic hydroxyl groups excluding tert-OH is 1. The van der Waals surface area contributed by atoms with Crippen molar-refractivity contribution in [1.82, 2.24) is 0 Å². The molecule has 1 N–H and O–H groups in total. The van der Waals surface area contributed by atoms with Gasteiger partial charge in [0.25, 0.3) is 0 Å². The minimum atomic E-state index is -1.39. The molecule has 0 rings (SSSR count). The molecule has 0 bridgehead atoms. The molecule has 0 amide bonds. The van der Waals surface area contributed by atoms with Gasteiger partial charge < -0.3 is 14.9 Å². The van der Waals surface area contributed by atoms with Crippen LogP contribution >= 0.6 is 15.9 Å². The molecule has 0 heterocycles. The third kappa shape index (κ3) is 4.82. The zero-order chi connectivity index (χ0) is 9.78. The van der Waals surface area contributed by atoms with Crippen molar-refractivity contribution in [3.63, 3.8) is 0 Å². The van der Waals surface area contributed by atoms with Crippen molar-refractivity contribution in [1.29, 1.82) is 0 Å². The summed E-state index contributed by atoms with van der Waals surface area (Å²) in [6.07, 6.45) is -1.39. The quantitative estimate of drug-likeness (QED) is 0.515. The minimum Gasteiger partial charge on any atom is -0.851 e. The van der Waals surface area contributed by atoms with Crippen LogP contribution in [0.4, 0.5) is 0 Å². The van der Waals surface area contributed by atoms with Crippen molar-refractivity contribution in [2.45, 2.75) is 24.5 Å². The average molecular weight is 240 g/mol. The van der Waals surface area contributed by atoms with Crippen LogP contribution in [0.2, 0.25) is 0 Å². The lowest BCUT2D eigenvalue weighted by atomic mass is 10.1. The second kappa shape index (κ2) is 4.91. The molecule has 0 saturated carbocycles. The molecule has 1 unspecified atom stereocenters. The van der Waals surface area contributed by atoms with Crippen LogP contribution in [-0.2, 0) is 9.53 Å². The standard InChI is InChI=1S/C7H12BrO4/c1-7(2,8)5(10)4-12-6(11)3-9/h6,11H,3-4H2,1-2H3/q-1. The number of ether oxygens (including phenoxy) is 1. The number of Topliss-reactive ketones (excluding diaryl/α,β-unsaturated/α-hetero) is 1. The summed E-state index contributed by atoms with van der Waals surface area (Å²) in [5, 5.41) is 18.7. The Morgan fingerprint density at radius 3 is 2.58 bits per heavy atom. The lowest BCUT2D eigenvalue weighted by Gasteiger charge is -2.18. The van der Waals surface area contributed by atoms with Crippen molar-refractivity contribution in [3.8, 4) is 0 Å². The number of carbonyl (C=O) groups is 1. The Morgan fingerprint density at radius 1 is 1.75 bits per heavy atom. The summed E-state index contributed by atoms with van der Waals surface area (Å²) >= 11 is 3.13. The molecule has 0 aliphatic carbocycles. The SMILES string of the molecule is CC(C)(Br)C(=O)COC(O)C[O-]. The molecule has 5 heteroatoms. The summed E-state index contributed by atoms with van der Waals surface area (Å²) in [7, 11) is 0. The molecule has 0 aromatic heterocycles. The monoisotopic (exact) mass is 239 g/mol. The highest BCUT2D eigenvalue weighted by molar-refractivity contribution is 9.10. The van der Waals surface area contributed by atoms with Crippen molar-refractivity contribution >= 4 is 21.7 Å². The number of carbonyl (C=O) groups excluding carboxylic acids is 1. The molecule has 0 saturated heterocycles. The maximum atomic E-state index is 11.1. The number of rotatable bonds is 5. The molecule has 1 atom stereocenters. The summed E-state index contributed by atoms with van der Waals surface area (Å²) < 4.78 is 3.87. The van der Waals surface area contributed by atoms with Crippen LogP contribution in [0, 0.1) is 0 Å². The van der Waals surface area contributed by atoms with Gasteiger partial charge in [-0.3, -0.25) is 4.79 Å². The first-order valence-electron chi connectivity index (χ1n) is 3.48. The van der Waals surface area contributed by atoms with Gasteiger partial charge in [-0.2, -0.15) is 0 Å². The van der Waals surface area contributed by atoms with Gasteiger partial charge in [0.05, 0.1) is 4.32 Å². The van der Waals surface area contributed by atoms with E-state index >= 15 is 0 Å². The molecule has 12 heavy (non-hydrogen) atoms. The Labute approximate surface area is 79.7 Å². The van der Waals surface area contributed by atoms with Crippen molar-refractivity contribution in [2.75, 3.05) is 13.2 Å². The van der Waals surface area contributed by atoms with Crippen LogP contribution in [0.5, 0.6) is 0 Å². The topological polar surface area (TPSA) is 69.6 Å². The summed E-state index contributed by atoms with van der Waals surface area (Å²) in [5.74, 6) is -0.213. The van der Waals surface area contributed by atoms with E-state index in [1.54, 1.807) is 13.8 Å². The first-order valence-corrected chi connectivity index (χ1v) is 4.27. The summed E-state index contributed by atoms with van der Waals surface area (Å²) in [5.41, 5.74) is 0. The first-order chi connectivity index (χ1) is 5.38. The fourth-order valence-electron chi connectivity index (χ4n) is 0.392. The molecule has 0 radical (unpaired) electrons. The van der Waals surface area contributed by atoms with Gasteiger partial charge in [0, 0.05) is 0 Å². The number of hydrogen-bond acceptors (Lipinski definition) is 4. The fraction of sp³-hybridized carbons (Fsp3) is 0.857. The number of hydrogen-bond donors (Lipinski definition) is 1. The van der Waals surface area contributed by atoms with Gasteiger partial charge in [0.2, 0.25) is 0 Å². The van der Waals surface area contributed by atoms with E-state index in [1.807, 2.05) is 0 Å². The van der Waals surface area contributed by atoms with Gasteiger partial charge in [-0.15, -0.1) is 0 Å². The lowest BCUT2D eigenvalue weighted by molar-refractivity contribution is -0.405. The largest absolute Gasteiger partial charge is 0.851 e. The van der Waals surface area contributed by atoms with Gasteiger partial charge >= 0.3 is 0 Å². The highest BCUT2D eigenvalue weighted by atomic mass is 79.9. The van der Waals surface area contributed by atoms with Crippen LogP contribution in [0.1, 0.15) is 13.8 Å². The third-order valence-corrected chi connectivity index (χ3v) is 1.65. The average Bonchev–Trinajstić information content (AvgIpc) is 1.97. The molecule has 72 valence electrons. The molecule has 0 fully saturated rings. The summed E-state index contributed by atoms with van der Waals surface area (Å²) in [6.45, 7) is 2.34. The number of ketones is 1. The number of aliphatic hydroxyl groups is 1. The lowest BCUT2D eigenvalue weighted by Crippen LogP contribution is -2.33. The summed E-state index contributed by atoms with van der Waals surface area (Å²) in [4.78, 5) is 11.1. The molecule has 4 nitrogen and oxygen atoms in total. The number of halogens is 1. The normalized spacial score (nSPS) is 14.4. The number of alkyl halides is 1. The third-order valence-electron chi connectivity index (χ3n) is 1.21. The highest BCUT2D eigenvalue weighted by Crippen LogP contribution is 2.16. The Hall–Kier alpha value is 0.0300. The van der Waals surface area contributed by atoms with Crippen LogP contribution < -0.4 is 5.11 Å². The maximum absolute atomic E-state index is 11.1. The van der Waals surface area contributed by atoms with Crippen LogP contribution in [0.25, 0.3) is 0 Å². The smallest absolute Gasteiger partial charge is 0.174 e. The van der Waals surface area contributed by atoms with Crippen molar-refractivity contribution < 1.29 is 19.7 Å². The Bertz CT molecular complexity index is 152. The van der Waals surface area contributed by atoms with Crippen molar-refractivity contribution in [3.05, 3.63) is 0 Å². The molecule has 0 aromatic carbocycles. The predicted octanol–water partition coefficient (Wildman–Crippen LogP) is -0.576. The van der Waals surface area contributed by atoms with Crippen LogP contribution in [0.15, 0.2) is 0 Å². The van der Waals surface area contributed by atoms with E-state index in [4.69, 9.17) is 5.11 Å². The van der Waals surface area contributed by atoms with Gasteiger partial charge in [-0.05, 0) is 13.8 Å². The van der Waals surface area contributed by atoms with E-state index in [-0.39, 0.29) is 12.4 Å². The molecule has 0 spiro atoms. The minimum absolute atomic E-state index is 0.213. The Morgan fingerprint density at radius 2 is 2.25 bits per heavy atom. The van der Waals surface area contributed by atoms with Gasteiger partial charge in [0.15, 0.2) is 5.78 Å². The molecular weight excluding hydrogens is 228 g/mol. The van der Waals surface area contributed by atoms with Crippen molar-refractivity contribution in [2.24, 2.45) is 0 Å². The predicted molar refractivity (Wildman–Crippen MR) is 44.8 cm³/mol. The summed E-state index contributed by atoms with van der Waals surface area (Å²) in [6, 6.07) is 0. The van der Waals surface area contributed by atoms with Gasteiger partial charge in [0.1, 0.15) is 12.9 Å². The molecule has 0 aliphatic heterocycles. The molecule has 0 aromatic rings. The van der Waals surface area contributed by atoms with Crippen LogP contribution in [-0.4, -0.2) is 34.7 Å². The van der Waals surface area contributed by atoms with E-state index in [2.05, 4.69) is 20.7 Å². The maximum Gasteiger partial charge on any atom is 0.174 e. The van der Waals surface area contributed by atoms with E-state index in [0.29, 0.717) is 0 Å². The van der Waals surface area contributed by atoms with Gasteiger partial charge in [-0.25, -0.2) is 0 Å². The fourth-order valence-corrected chi connectivity index (χ4v) is 0.506. The van der Waals surface area contributed by atoms with Gasteiger partial charge in [-0.1, -0.05) is 22.5 Å². The van der Waals surface area contributed by atoms with E-state index in [9.17, 15) is 9.90 Å². The van der Waals surface area contributed by atoms with E-state index in [1.165, 1.54) is 0 Å². The van der Waals surface area contributed by atoms with E-state index in [0.717, 1.165) is 0 Å². The highest BCUT2D eigenvalue weighted by Gasteiger charge is 2.23.